The largest absolute Gasteiger partial charge is 0.448 e. The average Bonchev–Trinajstić information content (AvgIpc) is 2.97. The molecule has 1 aromatic rings. The minimum atomic E-state index is -0.784. The Hall–Kier alpha value is -1.29. The third-order valence-corrected chi connectivity index (χ3v) is 7.89. The van der Waals surface area contributed by atoms with Crippen LogP contribution in [0.3, 0.4) is 0 Å². The topological polar surface area (TPSA) is 35.5 Å². The first kappa shape index (κ1) is 23.4. The zero-order valence-electron chi connectivity index (χ0n) is 20.1. The van der Waals surface area contributed by atoms with Crippen LogP contribution < -0.4 is 9.47 Å². The van der Waals surface area contributed by atoms with Gasteiger partial charge in [-0.1, -0.05) is 59.6 Å². The van der Waals surface area contributed by atoms with Crippen LogP contribution in [0, 0.1) is 10.8 Å². The first-order chi connectivity index (χ1) is 13.7. The van der Waals surface area contributed by atoms with Crippen molar-refractivity contribution in [1.29, 1.82) is 0 Å². The van der Waals surface area contributed by atoms with Crippen molar-refractivity contribution in [2.75, 3.05) is 0 Å². The van der Waals surface area contributed by atoms with E-state index in [1.165, 1.54) is 17.6 Å². The standard InChI is InChI=1S/C26H37BrO3/c1-15(2)17-13-18(20(28)14-19-16(3)11-10-12-25(19,7)8)21(27)23-22(17)29-26(9,30-23)24(4,5)6/h13,15H,10-12,14H2,1-9H3. The fraction of sp³-hybridized carbons (Fsp3) is 0.654. The zero-order chi connectivity index (χ0) is 22.6. The summed E-state index contributed by atoms with van der Waals surface area (Å²) in [6.45, 7) is 19.3. The van der Waals surface area contributed by atoms with Crippen molar-refractivity contribution in [2.24, 2.45) is 10.8 Å². The van der Waals surface area contributed by atoms with Crippen LogP contribution in [0.5, 0.6) is 11.5 Å². The molecule has 0 fully saturated rings. The number of carbonyl (C=O) groups is 1. The smallest absolute Gasteiger partial charge is 0.253 e. The number of rotatable bonds is 4. The molecule has 30 heavy (non-hydrogen) atoms. The maximum atomic E-state index is 13.5. The molecular weight excluding hydrogens is 440 g/mol. The summed E-state index contributed by atoms with van der Waals surface area (Å²) in [4.78, 5) is 13.5. The van der Waals surface area contributed by atoms with Crippen molar-refractivity contribution < 1.29 is 14.3 Å². The van der Waals surface area contributed by atoms with Gasteiger partial charge in [0.1, 0.15) is 0 Å². The number of carbonyl (C=O) groups excluding carboxylic acids is 1. The fourth-order valence-corrected chi connectivity index (χ4v) is 5.10. The lowest BCUT2D eigenvalue weighted by Gasteiger charge is -2.36. The summed E-state index contributed by atoms with van der Waals surface area (Å²) >= 11 is 3.70. The molecule has 1 unspecified atom stereocenters. The van der Waals surface area contributed by atoms with E-state index in [2.05, 4.69) is 71.3 Å². The Bertz CT molecular complexity index is 902. The van der Waals surface area contributed by atoms with Crippen LogP contribution in [0.4, 0.5) is 0 Å². The molecule has 1 aliphatic heterocycles. The second-order valence-corrected chi connectivity index (χ2v) is 11.9. The highest BCUT2D eigenvalue weighted by molar-refractivity contribution is 9.10. The Morgan fingerprint density at radius 2 is 1.77 bits per heavy atom. The number of allylic oxidation sites excluding steroid dienone is 2. The van der Waals surface area contributed by atoms with E-state index in [1.54, 1.807) is 0 Å². The first-order valence-corrected chi connectivity index (χ1v) is 11.9. The highest BCUT2D eigenvalue weighted by Gasteiger charge is 2.49. The Kier molecular flexibility index (Phi) is 5.99. The maximum Gasteiger partial charge on any atom is 0.253 e. The molecular formula is C26H37BrO3. The molecule has 0 N–H and O–H groups in total. The molecule has 3 rings (SSSR count). The van der Waals surface area contributed by atoms with Crippen LogP contribution >= 0.6 is 15.9 Å². The molecule has 0 radical (unpaired) electrons. The Balaban J connectivity index is 2.05. The molecule has 2 aliphatic rings. The van der Waals surface area contributed by atoms with Crippen molar-refractivity contribution in [3.05, 3.63) is 32.8 Å². The van der Waals surface area contributed by atoms with Gasteiger partial charge >= 0.3 is 0 Å². The van der Waals surface area contributed by atoms with E-state index < -0.39 is 5.79 Å². The third-order valence-electron chi connectivity index (χ3n) is 7.11. The van der Waals surface area contributed by atoms with Crippen LogP contribution in [0.1, 0.15) is 110 Å². The van der Waals surface area contributed by atoms with E-state index in [-0.39, 0.29) is 22.5 Å². The van der Waals surface area contributed by atoms with Gasteiger partial charge in [0, 0.05) is 29.9 Å². The summed E-state index contributed by atoms with van der Waals surface area (Å²) in [5.41, 5.74) is 4.25. The van der Waals surface area contributed by atoms with Crippen LogP contribution in [0.2, 0.25) is 0 Å². The van der Waals surface area contributed by atoms with Crippen molar-refractivity contribution in [1.82, 2.24) is 0 Å². The summed E-state index contributed by atoms with van der Waals surface area (Å²) in [5, 5.41) is 0. The predicted molar refractivity (Wildman–Crippen MR) is 127 cm³/mol. The lowest BCUT2D eigenvalue weighted by atomic mass is 9.71. The first-order valence-electron chi connectivity index (χ1n) is 11.1. The monoisotopic (exact) mass is 476 g/mol. The van der Waals surface area contributed by atoms with Gasteiger partial charge in [0.25, 0.3) is 5.79 Å². The minimum absolute atomic E-state index is 0.0759. The molecule has 1 aliphatic carbocycles. The van der Waals surface area contributed by atoms with E-state index in [0.717, 1.165) is 24.2 Å². The van der Waals surface area contributed by atoms with Gasteiger partial charge in [-0.05, 0) is 59.5 Å². The van der Waals surface area contributed by atoms with Crippen molar-refractivity contribution in [3.8, 4) is 11.5 Å². The summed E-state index contributed by atoms with van der Waals surface area (Å²) in [6, 6.07) is 2.01. The van der Waals surface area contributed by atoms with Crippen LogP contribution in [-0.4, -0.2) is 11.6 Å². The van der Waals surface area contributed by atoms with Gasteiger partial charge < -0.3 is 9.47 Å². The van der Waals surface area contributed by atoms with E-state index >= 15 is 0 Å². The lowest BCUT2D eigenvalue weighted by Crippen LogP contribution is -2.47. The number of halogens is 1. The fourth-order valence-electron chi connectivity index (χ4n) is 4.50. The molecule has 4 heteroatoms. The van der Waals surface area contributed by atoms with Crippen LogP contribution in [-0.2, 0) is 0 Å². The molecule has 1 heterocycles. The number of fused-ring (bicyclic) bond motifs is 1. The normalized spacial score (nSPS) is 23.3. The molecule has 166 valence electrons. The van der Waals surface area contributed by atoms with Gasteiger partial charge in [-0.25, -0.2) is 0 Å². The van der Waals surface area contributed by atoms with Gasteiger partial charge in [0.05, 0.1) is 4.47 Å². The van der Waals surface area contributed by atoms with Gasteiger partial charge in [-0.3, -0.25) is 4.79 Å². The molecule has 1 atom stereocenters. The number of hydrogen-bond acceptors (Lipinski definition) is 3. The molecule has 1 aromatic carbocycles. The highest BCUT2D eigenvalue weighted by Crippen LogP contribution is 2.54. The van der Waals surface area contributed by atoms with Crippen molar-refractivity contribution >= 4 is 21.7 Å². The third kappa shape index (κ3) is 3.97. The van der Waals surface area contributed by atoms with Gasteiger partial charge in [-0.2, -0.15) is 0 Å². The Morgan fingerprint density at radius 3 is 2.30 bits per heavy atom. The quantitative estimate of drug-likeness (QED) is 0.324. The summed E-state index contributed by atoms with van der Waals surface area (Å²) in [5.74, 6) is 1.00. The number of benzene rings is 1. The predicted octanol–water partition coefficient (Wildman–Crippen LogP) is 8.21. The maximum absolute atomic E-state index is 13.5. The van der Waals surface area contributed by atoms with E-state index in [9.17, 15) is 4.79 Å². The van der Waals surface area contributed by atoms with E-state index in [1.807, 2.05) is 13.0 Å². The second-order valence-electron chi connectivity index (χ2n) is 11.1. The van der Waals surface area contributed by atoms with E-state index in [0.29, 0.717) is 22.2 Å². The summed E-state index contributed by atoms with van der Waals surface area (Å²) < 4.78 is 13.5. The molecule has 0 saturated carbocycles. The van der Waals surface area contributed by atoms with Gasteiger partial charge in [0.2, 0.25) is 0 Å². The average molecular weight is 477 g/mol. The lowest BCUT2D eigenvalue weighted by molar-refractivity contribution is -0.143. The second kappa shape index (κ2) is 7.69. The van der Waals surface area contributed by atoms with Crippen LogP contribution in [0.25, 0.3) is 0 Å². The van der Waals surface area contributed by atoms with Crippen LogP contribution in [0.15, 0.2) is 21.7 Å². The van der Waals surface area contributed by atoms with E-state index in [4.69, 9.17) is 9.47 Å². The number of ether oxygens (including phenoxy) is 2. The Morgan fingerprint density at radius 1 is 1.17 bits per heavy atom. The molecule has 0 bridgehead atoms. The summed E-state index contributed by atoms with van der Waals surface area (Å²) in [7, 11) is 0. The molecule has 0 amide bonds. The number of Topliss-reactive ketones (excluding diaryl/α,β-unsaturated/α-hetero) is 1. The van der Waals surface area contributed by atoms with Crippen molar-refractivity contribution in [2.45, 2.75) is 99.7 Å². The molecule has 0 spiro atoms. The van der Waals surface area contributed by atoms with Crippen molar-refractivity contribution in [3.63, 3.8) is 0 Å². The van der Waals surface area contributed by atoms with Gasteiger partial charge in [0.15, 0.2) is 17.3 Å². The molecule has 0 saturated heterocycles. The Labute approximate surface area is 190 Å². The summed E-state index contributed by atoms with van der Waals surface area (Å²) in [6.07, 6.45) is 3.89. The number of ketones is 1. The zero-order valence-corrected chi connectivity index (χ0v) is 21.7. The number of hydrogen-bond donors (Lipinski definition) is 0. The molecule has 3 nitrogen and oxygen atoms in total. The molecule has 0 aromatic heterocycles. The highest BCUT2D eigenvalue weighted by atomic mass is 79.9. The van der Waals surface area contributed by atoms with Gasteiger partial charge in [-0.15, -0.1) is 0 Å². The minimum Gasteiger partial charge on any atom is -0.448 e. The SMILES string of the molecule is CC1=C(CC(=O)c2cc(C(C)C)c3c(c2Br)OC(C)(C(C)(C)C)O3)C(C)(C)CCC1.